The van der Waals surface area contributed by atoms with Gasteiger partial charge in [-0.05, 0) is 67.0 Å². The monoisotopic (exact) mass is 435 g/mol. The molecule has 1 aromatic heterocycles. The first kappa shape index (κ1) is 19.8. The number of rotatable bonds is 3. The van der Waals surface area contributed by atoms with Crippen LogP contribution >= 0.6 is 46.8 Å². The van der Waals surface area contributed by atoms with E-state index in [0.29, 0.717) is 20.7 Å². The Bertz CT molecular complexity index is 1080. The minimum Gasteiger partial charge on any atom is -0.308 e. The maximum Gasteiger partial charge on any atom is 0.250 e. The summed E-state index contributed by atoms with van der Waals surface area (Å²) in [6.07, 6.45) is 2.95. The van der Waals surface area contributed by atoms with Crippen molar-refractivity contribution in [3.05, 3.63) is 63.1 Å². The van der Waals surface area contributed by atoms with Crippen molar-refractivity contribution in [2.24, 2.45) is 0 Å². The molecule has 0 bridgehead atoms. The van der Waals surface area contributed by atoms with Gasteiger partial charge >= 0.3 is 0 Å². The molecule has 1 heterocycles. The van der Waals surface area contributed by atoms with E-state index in [4.69, 9.17) is 35.4 Å². The zero-order valence-electron chi connectivity index (χ0n) is 14.5. The van der Waals surface area contributed by atoms with Gasteiger partial charge < -0.3 is 5.32 Å². The molecule has 1 amide bonds. The van der Waals surface area contributed by atoms with Crippen molar-refractivity contribution in [1.29, 1.82) is 0 Å². The molecule has 0 aliphatic heterocycles. The average Bonchev–Trinajstić information content (AvgIpc) is 2.96. The predicted octanol–water partition coefficient (Wildman–Crippen LogP) is 5.75. The van der Waals surface area contributed by atoms with Crippen LogP contribution in [0.25, 0.3) is 16.3 Å². The molecule has 3 aromatic rings. The van der Waals surface area contributed by atoms with Gasteiger partial charge in [0.2, 0.25) is 5.91 Å². The molecular weight excluding hydrogens is 421 g/mol. The Kier molecular flexibility index (Phi) is 6.11. The fourth-order valence-corrected chi connectivity index (χ4v) is 4.29. The van der Waals surface area contributed by atoms with E-state index in [2.05, 4.69) is 27.8 Å². The van der Waals surface area contributed by atoms with Gasteiger partial charge in [0, 0.05) is 16.1 Å². The molecule has 0 radical (unpaired) electrons. The van der Waals surface area contributed by atoms with Gasteiger partial charge in [0.1, 0.15) is 0 Å². The van der Waals surface area contributed by atoms with E-state index >= 15 is 0 Å². The molecule has 8 heteroatoms. The Balaban J connectivity index is 1.64. The molecule has 4 nitrogen and oxygen atoms in total. The molecule has 0 saturated heterocycles. The largest absolute Gasteiger partial charge is 0.308 e. The summed E-state index contributed by atoms with van der Waals surface area (Å²) in [5, 5.41) is 7.36. The first-order valence-electron chi connectivity index (χ1n) is 7.95. The topological polar surface area (TPSA) is 54.0 Å². The summed E-state index contributed by atoms with van der Waals surface area (Å²) >= 11 is 18.6. The number of amides is 1. The van der Waals surface area contributed by atoms with Crippen LogP contribution in [0.2, 0.25) is 10.0 Å². The minimum absolute atomic E-state index is 0.181. The van der Waals surface area contributed by atoms with Gasteiger partial charge in [-0.1, -0.05) is 46.7 Å². The SMILES string of the molecule is Cc1cc(C)c2nc(NC(=S)NC(=O)/C=C/c3ccc(Cl)cc3Cl)sc2c1. The van der Waals surface area contributed by atoms with Crippen LogP contribution in [0.3, 0.4) is 0 Å². The highest BCUT2D eigenvalue weighted by atomic mass is 35.5. The number of aryl methyl sites for hydroxylation is 2. The minimum atomic E-state index is -0.369. The van der Waals surface area contributed by atoms with Crippen molar-refractivity contribution >= 4 is 79.2 Å². The second-order valence-electron chi connectivity index (χ2n) is 5.89. The van der Waals surface area contributed by atoms with Crippen molar-refractivity contribution < 1.29 is 4.79 Å². The summed E-state index contributed by atoms with van der Waals surface area (Å²) in [6.45, 7) is 4.06. The highest BCUT2D eigenvalue weighted by molar-refractivity contribution is 7.80. The number of benzene rings is 2. The summed E-state index contributed by atoms with van der Waals surface area (Å²) in [5.74, 6) is -0.369. The van der Waals surface area contributed by atoms with E-state index in [1.807, 2.05) is 13.8 Å². The standard InChI is InChI=1S/C19H15Cl2N3OS2/c1-10-7-11(2)17-15(8-10)27-19(23-17)24-18(26)22-16(25)6-4-12-3-5-13(20)9-14(12)21/h3-9H,1-2H3,(H2,22,23,24,25,26)/b6-4+. The molecule has 0 aliphatic rings. The third-order valence-corrected chi connectivity index (χ3v) is 5.35. The van der Waals surface area contributed by atoms with Gasteiger partial charge in [0.25, 0.3) is 0 Å². The van der Waals surface area contributed by atoms with Crippen LogP contribution in [0, 0.1) is 13.8 Å². The van der Waals surface area contributed by atoms with Crippen molar-refractivity contribution in [1.82, 2.24) is 10.3 Å². The fraction of sp³-hybridized carbons (Fsp3) is 0.105. The summed E-state index contributed by atoms with van der Waals surface area (Å²) in [7, 11) is 0. The van der Waals surface area contributed by atoms with Crippen molar-refractivity contribution in [2.75, 3.05) is 5.32 Å². The van der Waals surface area contributed by atoms with E-state index < -0.39 is 0 Å². The van der Waals surface area contributed by atoms with Gasteiger partial charge in [-0.25, -0.2) is 4.98 Å². The molecule has 0 fully saturated rings. The van der Waals surface area contributed by atoms with Gasteiger partial charge in [-0.3, -0.25) is 10.1 Å². The second kappa shape index (κ2) is 8.35. The molecule has 138 valence electrons. The predicted molar refractivity (Wildman–Crippen MR) is 119 cm³/mol. The number of halogens is 2. The molecular formula is C19H15Cl2N3OS2. The molecule has 2 N–H and O–H groups in total. The molecule has 0 aliphatic carbocycles. The summed E-state index contributed by atoms with van der Waals surface area (Å²) in [6, 6.07) is 9.21. The van der Waals surface area contributed by atoms with Crippen LogP contribution in [0.5, 0.6) is 0 Å². The first-order chi connectivity index (χ1) is 12.8. The molecule has 0 spiro atoms. The third-order valence-electron chi connectivity index (χ3n) is 3.66. The zero-order valence-corrected chi connectivity index (χ0v) is 17.6. The number of fused-ring (bicyclic) bond motifs is 1. The summed E-state index contributed by atoms with van der Waals surface area (Å²) < 4.78 is 1.07. The average molecular weight is 436 g/mol. The summed E-state index contributed by atoms with van der Waals surface area (Å²) in [5.41, 5.74) is 3.90. The first-order valence-corrected chi connectivity index (χ1v) is 9.93. The quantitative estimate of drug-likeness (QED) is 0.406. The lowest BCUT2D eigenvalue weighted by molar-refractivity contribution is -0.115. The molecule has 0 saturated carbocycles. The van der Waals surface area contributed by atoms with E-state index in [1.165, 1.54) is 23.0 Å². The van der Waals surface area contributed by atoms with Gasteiger partial charge in [-0.15, -0.1) is 0 Å². The smallest absolute Gasteiger partial charge is 0.250 e. The van der Waals surface area contributed by atoms with Gasteiger partial charge in [0.05, 0.1) is 10.2 Å². The molecule has 2 aromatic carbocycles. The normalized spacial score (nSPS) is 11.1. The lowest BCUT2D eigenvalue weighted by Gasteiger charge is -2.04. The lowest BCUT2D eigenvalue weighted by Crippen LogP contribution is -2.32. The number of hydrogen-bond donors (Lipinski definition) is 2. The van der Waals surface area contributed by atoms with Crippen molar-refractivity contribution in [2.45, 2.75) is 13.8 Å². The van der Waals surface area contributed by atoms with Crippen LogP contribution < -0.4 is 10.6 Å². The molecule has 27 heavy (non-hydrogen) atoms. The fourth-order valence-electron chi connectivity index (χ4n) is 2.51. The maximum absolute atomic E-state index is 12.1. The number of carbonyl (C=O) groups excluding carboxylic acids is 1. The van der Waals surface area contributed by atoms with Crippen LogP contribution in [0.15, 0.2) is 36.4 Å². The van der Waals surface area contributed by atoms with E-state index in [9.17, 15) is 4.79 Å². The lowest BCUT2D eigenvalue weighted by atomic mass is 10.1. The van der Waals surface area contributed by atoms with Crippen molar-refractivity contribution in [3.63, 3.8) is 0 Å². The number of nitrogens with zero attached hydrogens (tertiary/aromatic N) is 1. The van der Waals surface area contributed by atoms with Crippen LogP contribution in [-0.2, 0) is 4.79 Å². The van der Waals surface area contributed by atoms with E-state index in [1.54, 1.807) is 24.3 Å². The van der Waals surface area contributed by atoms with Crippen LogP contribution in [0.1, 0.15) is 16.7 Å². The molecule has 3 rings (SSSR count). The Hall–Kier alpha value is -1.99. The number of aromatic nitrogens is 1. The van der Waals surface area contributed by atoms with Crippen LogP contribution in [-0.4, -0.2) is 16.0 Å². The Labute approximate surface area is 176 Å². The Morgan fingerprint density at radius 3 is 2.74 bits per heavy atom. The number of carbonyl (C=O) groups is 1. The van der Waals surface area contributed by atoms with Crippen LogP contribution in [0.4, 0.5) is 5.13 Å². The molecule has 0 unspecified atom stereocenters. The Morgan fingerprint density at radius 2 is 2.00 bits per heavy atom. The molecule has 0 atom stereocenters. The van der Waals surface area contributed by atoms with E-state index in [0.717, 1.165) is 15.8 Å². The zero-order chi connectivity index (χ0) is 19.6. The van der Waals surface area contributed by atoms with Gasteiger partial charge in [-0.2, -0.15) is 0 Å². The number of hydrogen-bond acceptors (Lipinski definition) is 4. The highest BCUT2D eigenvalue weighted by Crippen LogP contribution is 2.29. The second-order valence-corrected chi connectivity index (χ2v) is 8.17. The number of anilines is 1. The number of nitrogens with one attached hydrogen (secondary N) is 2. The number of thiazole rings is 1. The summed E-state index contributed by atoms with van der Waals surface area (Å²) in [4.78, 5) is 16.6. The van der Waals surface area contributed by atoms with E-state index in [-0.39, 0.29) is 11.0 Å². The maximum atomic E-state index is 12.1. The van der Waals surface area contributed by atoms with Crippen molar-refractivity contribution in [3.8, 4) is 0 Å². The Morgan fingerprint density at radius 1 is 1.22 bits per heavy atom. The highest BCUT2D eigenvalue weighted by Gasteiger charge is 2.09. The van der Waals surface area contributed by atoms with Gasteiger partial charge in [0.15, 0.2) is 10.2 Å². The third kappa shape index (κ3) is 5.05. The number of thiocarbonyl (C=S) groups is 1.